The average Bonchev–Trinajstić information content (AvgIpc) is 2.83. The fourth-order valence-corrected chi connectivity index (χ4v) is 4.15. The molecule has 2 aromatic heterocycles. The lowest BCUT2D eigenvalue weighted by Gasteiger charge is -2.26. The van der Waals surface area contributed by atoms with Gasteiger partial charge in [-0.25, -0.2) is 9.78 Å². The first kappa shape index (κ1) is 23.5. The fraction of sp³-hybridized carbons (Fsp3) is 0.440. The van der Waals surface area contributed by atoms with Crippen LogP contribution in [0.25, 0.3) is 11.0 Å². The summed E-state index contributed by atoms with van der Waals surface area (Å²) in [5.41, 5.74) is 0.829. The van der Waals surface area contributed by atoms with E-state index in [9.17, 15) is 14.4 Å². The van der Waals surface area contributed by atoms with Crippen LogP contribution in [0.5, 0.6) is 11.5 Å². The molecule has 0 unspecified atom stereocenters. The second-order valence-electron chi connectivity index (χ2n) is 8.62. The molecule has 0 atom stereocenters. The molecule has 3 heterocycles. The Labute approximate surface area is 197 Å². The Morgan fingerprint density at radius 1 is 1.21 bits per heavy atom. The largest absolute Gasteiger partial charge is 0.486 e. The highest BCUT2D eigenvalue weighted by atomic mass is 16.6. The molecule has 1 N–H and O–H groups in total. The topological polar surface area (TPSA) is 107 Å². The molecule has 3 aromatic rings. The summed E-state index contributed by atoms with van der Waals surface area (Å²) in [6.45, 7) is 9.76. The van der Waals surface area contributed by atoms with Crippen molar-refractivity contribution in [3.05, 3.63) is 61.9 Å². The zero-order chi connectivity index (χ0) is 24.4. The molecule has 0 spiro atoms. The van der Waals surface area contributed by atoms with Crippen molar-refractivity contribution in [1.29, 1.82) is 0 Å². The molecular formula is C25H30N4O5. The third kappa shape index (κ3) is 4.30. The second kappa shape index (κ2) is 9.70. The van der Waals surface area contributed by atoms with Crippen molar-refractivity contribution >= 4 is 16.9 Å². The summed E-state index contributed by atoms with van der Waals surface area (Å²) in [4.78, 5) is 47.9. The highest BCUT2D eigenvalue weighted by Crippen LogP contribution is 2.34. The number of para-hydroxylation sites is 1. The number of pyridine rings is 1. The van der Waals surface area contributed by atoms with Crippen LogP contribution in [0.2, 0.25) is 0 Å². The van der Waals surface area contributed by atoms with Gasteiger partial charge >= 0.3 is 5.69 Å². The van der Waals surface area contributed by atoms with Gasteiger partial charge in [0.2, 0.25) is 0 Å². The molecule has 9 heteroatoms. The van der Waals surface area contributed by atoms with Crippen molar-refractivity contribution < 1.29 is 14.3 Å². The van der Waals surface area contributed by atoms with Crippen molar-refractivity contribution in [2.45, 2.75) is 53.1 Å². The van der Waals surface area contributed by atoms with E-state index in [2.05, 4.69) is 9.97 Å². The summed E-state index contributed by atoms with van der Waals surface area (Å²) in [6, 6.07) is 7.29. The van der Waals surface area contributed by atoms with Crippen molar-refractivity contribution in [2.24, 2.45) is 0 Å². The van der Waals surface area contributed by atoms with E-state index in [0.717, 1.165) is 5.56 Å². The predicted octanol–water partition coefficient (Wildman–Crippen LogP) is 3.05. The summed E-state index contributed by atoms with van der Waals surface area (Å²) in [5.74, 6) is 0.987. The highest BCUT2D eigenvalue weighted by molar-refractivity contribution is 6.05. The molecule has 1 aliphatic heterocycles. The number of nitrogens with one attached hydrogen (secondary N) is 1. The first-order valence-electron chi connectivity index (χ1n) is 11.7. The molecule has 0 bridgehead atoms. The Morgan fingerprint density at radius 3 is 2.68 bits per heavy atom. The normalized spacial score (nSPS) is 12.9. The lowest BCUT2D eigenvalue weighted by Crippen LogP contribution is -2.35. The number of hydrogen-bond acceptors (Lipinski definition) is 6. The molecule has 0 radical (unpaired) electrons. The first-order valence-corrected chi connectivity index (χ1v) is 11.7. The maximum Gasteiger partial charge on any atom is 0.329 e. The van der Waals surface area contributed by atoms with Crippen LogP contribution >= 0.6 is 0 Å². The van der Waals surface area contributed by atoms with Crippen molar-refractivity contribution in [2.75, 3.05) is 19.8 Å². The van der Waals surface area contributed by atoms with Gasteiger partial charge in [0.05, 0.1) is 10.9 Å². The van der Waals surface area contributed by atoms with Gasteiger partial charge in [0, 0.05) is 30.9 Å². The Hall–Kier alpha value is -3.62. The fourth-order valence-electron chi connectivity index (χ4n) is 4.15. The van der Waals surface area contributed by atoms with Crippen molar-refractivity contribution in [3.63, 3.8) is 0 Å². The minimum Gasteiger partial charge on any atom is -0.486 e. The van der Waals surface area contributed by atoms with Crippen LogP contribution in [0.15, 0.2) is 33.9 Å². The molecule has 9 nitrogen and oxygen atoms in total. The summed E-state index contributed by atoms with van der Waals surface area (Å²) in [7, 11) is 0. The van der Waals surface area contributed by atoms with Crippen LogP contribution in [0.4, 0.5) is 0 Å². The zero-order valence-electron chi connectivity index (χ0n) is 20.0. The Morgan fingerprint density at radius 2 is 1.97 bits per heavy atom. The molecule has 1 aromatic carbocycles. The van der Waals surface area contributed by atoms with Crippen molar-refractivity contribution in [1.82, 2.24) is 19.4 Å². The van der Waals surface area contributed by atoms with Crippen molar-refractivity contribution in [3.8, 4) is 11.5 Å². The van der Waals surface area contributed by atoms with Gasteiger partial charge in [0.1, 0.15) is 13.2 Å². The number of ether oxygens (including phenoxy) is 2. The van der Waals surface area contributed by atoms with Gasteiger partial charge < -0.3 is 14.4 Å². The summed E-state index contributed by atoms with van der Waals surface area (Å²) >= 11 is 0. The number of aryl methyl sites for hydroxylation is 1. The maximum atomic E-state index is 13.8. The number of carbonyl (C=O) groups excluding carboxylic acids is 1. The third-order valence-electron chi connectivity index (χ3n) is 5.92. The van der Waals surface area contributed by atoms with E-state index in [4.69, 9.17) is 9.47 Å². The molecule has 1 aliphatic rings. The van der Waals surface area contributed by atoms with Gasteiger partial charge in [-0.1, -0.05) is 32.9 Å². The van der Waals surface area contributed by atoms with Crippen LogP contribution in [-0.4, -0.2) is 45.1 Å². The van der Waals surface area contributed by atoms with Gasteiger partial charge in [-0.15, -0.1) is 0 Å². The SMILES string of the molecule is CCCn1c(=O)[nH]c(=O)c2c(C(=O)N(CC)Cc3cccc4c3OCCO4)cc(C(C)C)nc21. The number of hydrogen-bond donors (Lipinski definition) is 1. The number of benzene rings is 1. The lowest BCUT2D eigenvalue weighted by molar-refractivity contribution is 0.0750. The molecular weight excluding hydrogens is 436 g/mol. The first-order chi connectivity index (χ1) is 16.3. The van der Waals surface area contributed by atoms with E-state index in [-0.39, 0.29) is 35.0 Å². The van der Waals surface area contributed by atoms with Gasteiger partial charge in [-0.3, -0.25) is 19.1 Å². The summed E-state index contributed by atoms with van der Waals surface area (Å²) in [6.07, 6.45) is 0.681. The number of fused-ring (bicyclic) bond motifs is 2. The van der Waals surface area contributed by atoms with Gasteiger partial charge in [-0.05, 0) is 31.4 Å². The van der Waals surface area contributed by atoms with Crippen LogP contribution < -0.4 is 20.7 Å². The number of amides is 1. The minimum atomic E-state index is -0.608. The average molecular weight is 467 g/mol. The van der Waals surface area contributed by atoms with Crippen LogP contribution in [-0.2, 0) is 13.1 Å². The number of nitrogens with zero attached hydrogens (tertiary/aromatic N) is 3. The standard InChI is InChI=1S/C25H30N4O5/c1-5-10-29-22-20(23(30)27-25(29)32)17(13-18(26-22)15(3)4)24(31)28(6-2)14-16-8-7-9-19-21(16)34-12-11-33-19/h7-9,13,15H,5-6,10-12,14H2,1-4H3,(H,27,30,32). The van der Waals surface area contributed by atoms with Crippen LogP contribution in [0.1, 0.15) is 61.6 Å². The lowest BCUT2D eigenvalue weighted by atomic mass is 10.0. The molecule has 1 amide bonds. The zero-order valence-corrected chi connectivity index (χ0v) is 20.0. The molecule has 0 fully saturated rings. The number of H-pyrrole nitrogens is 1. The molecule has 0 aliphatic carbocycles. The molecule has 34 heavy (non-hydrogen) atoms. The molecule has 0 saturated heterocycles. The van der Waals surface area contributed by atoms with E-state index >= 15 is 0 Å². The summed E-state index contributed by atoms with van der Waals surface area (Å²) < 4.78 is 12.9. The van der Waals surface area contributed by atoms with Gasteiger partial charge in [0.15, 0.2) is 17.1 Å². The Balaban J connectivity index is 1.85. The van der Waals surface area contributed by atoms with E-state index < -0.39 is 11.2 Å². The van der Waals surface area contributed by atoms with Gasteiger partial charge in [-0.2, -0.15) is 0 Å². The molecule has 180 valence electrons. The van der Waals surface area contributed by atoms with E-state index in [1.807, 2.05) is 45.9 Å². The Bertz CT molecular complexity index is 1340. The molecule has 4 rings (SSSR count). The quantitative estimate of drug-likeness (QED) is 0.574. The number of rotatable bonds is 7. The number of aromatic amines is 1. The van der Waals surface area contributed by atoms with E-state index in [0.29, 0.717) is 49.9 Å². The van der Waals surface area contributed by atoms with E-state index in [1.165, 1.54) is 4.57 Å². The summed E-state index contributed by atoms with van der Waals surface area (Å²) in [5, 5.41) is 0.135. The van der Waals surface area contributed by atoms with E-state index in [1.54, 1.807) is 11.0 Å². The number of aromatic nitrogens is 3. The third-order valence-corrected chi connectivity index (χ3v) is 5.92. The highest BCUT2D eigenvalue weighted by Gasteiger charge is 2.25. The van der Waals surface area contributed by atoms with Crippen LogP contribution in [0, 0.1) is 0 Å². The monoisotopic (exact) mass is 466 g/mol. The number of carbonyl (C=O) groups is 1. The molecule has 0 saturated carbocycles. The maximum absolute atomic E-state index is 13.8. The van der Waals surface area contributed by atoms with Gasteiger partial charge in [0.25, 0.3) is 11.5 Å². The Kier molecular flexibility index (Phi) is 6.72. The second-order valence-corrected chi connectivity index (χ2v) is 8.62. The van der Waals surface area contributed by atoms with Crippen LogP contribution in [0.3, 0.4) is 0 Å². The predicted molar refractivity (Wildman–Crippen MR) is 129 cm³/mol. The minimum absolute atomic E-state index is 0.00202. The smallest absolute Gasteiger partial charge is 0.329 e.